The van der Waals surface area contributed by atoms with E-state index in [1.165, 1.54) is 13.5 Å². The minimum Gasteiger partial charge on any atom is -0.335 e. The van der Waals surface area contributed by atoms with Crippen LogP contribution in [0.2, 0.25) is 0 Å². The molecule has 1 N–H and O–H groups in total. The van der Waals surface area contributed by atoms with Crippen molar-refractivity contribution in [1.82, 2.24) is 18.4 Å². The van der Waals surface area contributed by atoms with Gasteiger partial charge in [0, 0.05) is 52.0 Å². The van der Waals surface area contributed by atoms with Crippen molar-refractivity contribution in [1.29, 1.82) is 0 Å². The summed E-state index contributed by atoms with van der Waals surface area (Å²) in [6.45, 7) is 9.85. The third-order valence-corrected chi connectivity index (χ3v) is 7.82. The van der Waals surface area contributed by atoms with Crippen LogP contribution < -0.4 is 5.32 Å². The van der Waals surface area contributed by atoms with Gasteiger partial charge in [-0.25, -0.2) is 0 Å². The minimum absolute atomic E-state index is 0.0483. The Hall–Kier alpha value is -2.01. The van der Waals surface area contributed by atoms with Crippen LogP contribution in [0.3, 0.4) is 0 Å². The average Bonchev–Trinajstić information content (AvgIpc) is 2.75. The highest BCUT2D eigenvalue weighted by molar-refractivity contribution is 7.86. The Labute approximate surface area is 186 Å². The maximum Gasteiger partial charge on any atom is 0.282 e. The zero-order valence-electron chi connectivity index (χ0n) is 19.2. The zero-order valence-corrected chi connectivity index (χ0v) is 20.0. The van der Waals surface area contributed by atoms with E-state index in [1.807, 2.05) is 49.9 Å². The number of benzene rings is 1. The van der Waals surface area contributed by atoms with Gasteiger partial charge < -0.3 is 10.2 Å². The number of carbonyl (C=O) groups is 2. The topological polar surface area (TPSA) is 93.3 Å². The van der Waals surface area contributed by atoms with Crippen LogP contribution in [-0.4, -0.2) is 97.5 Å². The molecule has 1 saturated heterocycles. The number of aryl methyl sites for hydroxylation is 1. The standard InChI is InChI=1S/C21H35N5O4S/c1-6-25(7-2)31(29,30)26-14-12-24(13-15-26)18(4)21(28)23(5)16-20(27)22-19-10-8-17(3)9-11-19/h8-11,18H,6-7,12-16H2,1-5H3,(H,22,27)/t18-/m0/s1. The fourth-order valence-corrected chi connectivity index (χ4v) is 5.24. The average molecular weight is 454 g/mol. The third-order valence-electron chi connectivity index (χ3n) is 5.63. The molecule has 1 aliphatic rings. The number of carbonyl (C=O) groups excluding carboxylic acids is 2. The summed E-state index contributed by atoms with van der Waals surface area (Å²) >= 11 is 0. The van der Waals surface area contributed by atoms with E-state index < -0.39 is 16.3 Å². The van der Waals surface area contributed by atoms with E-state index in [2.05, 4.69) is 5.32 Å². The van der Waals surface area contributed by atoms with Gasteiger partial charge in [-0.1, -0.05) is 31.5 Å². The lowest BCUT2D eigenvalue weighted by Gasteiger charge is -2.39. The zero-order chi connectivity index (χ0) is 23.2. The molecule has 1 heterocycles. The fraction of sp³-hybridized carbons (Fsp3) is 0.619. The van der Waals surface area contributed by atoms with Crippen LogP contribution in [0.4, 0.5) is 5.69 Å². The van der Waals surface area contributed by atoms with Gasteiger partial charge in [-0.15, -0.1) is 0 Å². The van der Waals surface area contributed by atoms with E-state index in [9.17, 15) is 18.0 Å². The Morgan fingerprint density at radius 1 is 1.06 bits per heavy atom. The summed E-state index contributed by atoms with van der Waals surface area (Å²) in [6, 6.07) is 7.03. The molecule has 0 radical (unpaired) electrons. The molecular formula is C21H35N5O4S. The highest BCUT2D eigenvalue weighted by Crippen LogP contribution is 2.15. The second-order valence-corrected chi connectivity index (χ2v) is 9.74. The molecule has 0 saturated carbocycles. The quantitative estimate of drug-likeness (QED) is 0.602. The van der Waals surface area contributed by atoms with Gasteiger partial charge in [0.25, 0.3) is 10.2 Å². The summed E-state index contributed by atoms with van der Waals surface area (Å²) in [7, 11) is -1.86. The van der Waals surface area contributed by atoms with Gasteiger partial charge in [0.05, 0.1) is 12.6 Å². The van der Waals surface area contributed by atoms with Crippen LogP contribution in [-0.2, 0) is 19.8 Å². The van der Waals surface area contributed by atoms with Crippen molar-refractivity contribution in [2.45, 2.75) is 33.7 Å². The molecule has 1 fully saturated rings. The summed E-state index contributed by atoms with van der Waals surface area (Å²) in [4.78, 5) is 28.5. The SMILES string of the molecule is CCN(CC)S(=O)(=O)N1CCN([C@@H](C)C(=O)N(C)CC(=O)Nc2ccc(C)cc2)CC1. The van der Waals surface area contributed by atoms with Crippen LogP contribution in [0.25, 0.3) is 0 Å². The van der Waals surface area contributed by atoms with E-state index in [0.717, 1.165) is 5.56 Å². The molecule has 0 aromatic heterocycles. The van der Waals surface area contributed by atoms with E-state index in [-0.39, 0.29) is 18.4 Å². The third kappa shape index (κ3) is 6.49. The Morgan fingerprint density at radius 3 is 2.13 bits per heavy atom. The first-order valence-corrected chi connectivity index (χ1v) is 12.1. The van der Waals surface area contributed by atoms with Gasteiger partial charge in [-0.3, -0.25) is 14.5 Å². The number of hydrogen-bond acceptors (Lipinski definition) is 5. The number of piperazine rings is 1. The Balaban J connectivity index is 1.87. The van der Waals surface area contributed by atoms with Gasteiger partial charge in [0.15, 0.2) is 0 Å². The van der Waals surface area contributed by atoms with Gasteiger partial charge in [0.2, 0.25) is 11.8 Å². The molecule has 0 unspecified atom stereocenters. The van der Waals surface area contributed by atoms with E-state index in [0.29, 0.717) is 45.0 Å². The van der Waals surface area contributed by atoms with E-state index >= 15 is 0 Å². The Morgan fingerprint density at radius 2 is 1.61 bits per heavy atom. The van der Waals surface area contributed by atoms with Crippen LogP contribution in [0.5, 0.6) is 0 Å². The van der Waals surface area contributed by atoms with Crippen molar-refractivity contribution < 1.29 is 18.0 Å². The summed E-state index contributed by atoms with van der Waals surface area (Å²) in [5.74, 6) is -0.429. The van der Waals surface area contributed by atoms with Gasteiger partial charge in [0.1, 0.15) is 0 Å². The fourth-order valence-electron chi connectivity index (χ4n) is 3.64. The van der Waals surface area contributed by atoms with Gasteiger partial charge in [-0.05, 0) is 26.0 Å². The molecule has 2 rings (SSSR count). The van der Waals surface area contributed by atoms with Crippen molar-refractivity contribution in [3.63, 3.8) is 0 Å². The minimum atomic E-state index is -3.47. The van der Waals surface area contributed by atoms with Gasteiger partial charge >= 0.3 is 0 Å². The van der Waals surface area contributed by atoms with Crippen molar-refractivity contribution in [2.75, 3.05) is 58.2 Å². The first-order valence-electron chi connectivity index (χ1n) is 10.7. The Kier molecular flexibility index (Phi) is 8.99. The predicted octanol–water partition coefficient (Wildman–Crippen LogP) is 0.985. The number of nitrogens with one attached hydrogen (secondary N) is 1. The van der Waals surface area contributed by atoms with Crippen molar-refractivity contribution in [2.24, 2.45) is 0 Å². The largest absolute Gasteiger partial charge is 0.335 e. The van der Waals surface area contributed by atoms with E-state index in [1.54, 1.807) is 14.0 Å². The first kappa shape index (κ1) is 25.3. The maximum atomic E-state index is 12.8. The summed E-state index contributed by atoms with van der Waals surface area (Å²) < 4.78 is 28.3. The molecule has 0 spiro atoms. The molecular weight excluding hydrogens is 418 g/mol. The molecule has 0 bridgehead atoms. The first-order chi connectivity index (χ1) is 14.6. The summed E-state index contributed by atoms with van der Waals surface area (Å²) in [6.07, 6.45) is 0. The highest BCUT2D eigenvalue weighted by atomic mass is 32.2. The lowest BCUT2D eigenvalue weighted by Crippen LogP contribution is -2.57. The van der Waals surface area contributed by atoms with Crippen molar-refractivity contribution in [3.05, 3.63) is 29.8 Å². The van der Waals surface area contributed by atoms with Crippen LogP contribution in [0.1, 0.15) is 26.3 Å². The molecule has 0 aliphatic carbocycles. The molecule has 174 valence electrons. The predicted molar refractivity (Wildman–Crippen MR) is 122 cm³/mol. The smallest absolute Gasteiger partial charge is 0.282 e. The van der Waals surface area contributed by atoms with Crippen molar-refractivity contribution >= 4 is 27.7 Å². The lowest BCUT2D eigenvalue weighted by atomic mass is 10.2. The van der Waals surface area contributed by atoms with Crippen LogP contribution >= 0.6 is 0 Å². The molecule has 1 aromatic rings. The second kappa shape index (κ2) is 11.0. The molecule has 1 atom stereocenters. The van der Waals surface area contributed by atoms with Gasteiger partial charge in [-0.2, -0.15) is 17.0 Å². The molecule has 1 aliphatic heterocycles. The summed E-state index contributed by atoms with van der Waals surface area (Å²) in [5.41, 5.74) is 1.79. The molecule has 1 aromatic carbocycles. The van der Waals surface area contributed by atoms with Crippen LogP contribution in [0.15, 0.2) is 24.3 Å². The number of nitrogens with zero attached hydrogens (tertiary/aromatic N) is 4. The molecule has 10 heteroatoms. The number of amides is 2. The van der Waals surface area contributed by atoms with E-state index in [4.69, 9.17) is 0 Å². The highest BCUT2D eigenvalue weighted by Gasteiger charge is 2.34. The number of hydrogen-bond donors (Lipinski definition) is 1. The normalized spacial score (nSPS) is 16.8. The second-order valence-electron chi connectivity index (χ2n) is 7.81. The summed E-state index contributed by atoms with van der Waals surface area (Å²) in [5, 5.41) is 2.79. The molecule has 2 amide bonds. The monoisotopic (exact) mass is 453 g/mol. The maximum absolute atomic E-state index is 12.8. The molecule has 31 heavy (non-hydrogen) atoms. The van der Waals surface area contributed by atoms with Crippen LogP contribution in [0, 0.1) is 6.92 Å². The lowest BCUT2D eigenvalue weighted by molar-refractivity contribution is -0.138. The number of anilines is 1. The number of likely N-dealkylation sites (N-methyl/N-ethyl adjacent to an activating group) is 1. The van der Waals surface area contributed by atoms with Crippen molar-refractivity contribution in [3.8, 4) is 0 Å². The Bertz CT molecular complexity index is 847. The molecule has 9 nitrogen and oxygen atoms in total. The number of rotatable bonds is 9.